The lowest BCUT2D eigenvalue weighted by Crippen LogP contribution is -2.45. The minimum atomic E-state index is -0.757. The summed E-state index contributed by atoms with van der Waals surface area (Å²) >= 11 is 0. The number of benzene rings is 2. The Morgan fingerprint density at radius 2 is 1.46 bits per heavy atom. The van der Waals surface area contributed by atoms with Gasteiger partial charge in [0.1, 0.15) is 11.6 Å². The van der Waals surface area contributed by atoms with Crippen LogP contribution in [0.15, 0.2) is 54.6 Å². The van der Waals surface area contributed by atoms with Crippen molar-refractivity contribution < 1.29 is 14.3 Å². The Morgan fingerprint density at radius 3 is 1.96 bits per heavy atom. The summed E-state index contributed by atoms with van der Waals surface area (Å²) in [5.41, 5.74) is 2.14. The minimum absolute atomic E-state index is 0.0601. The van der Waals surface area contributed by atoms with Gasteiger partial charge in [0, 0.05) is 12.0 Å². The Balaban J connectivity index is 2.20. The molecule has 2 aromatic carbocycles. The average Bonchev–Trinajstić information content (AvgIpc) is 2.60. The number of amides is 1. The molecule has 0 radical (unpaired) electrons. The highest BCUT2D eigenvalue weighted by molar-refractivity contribution is 5.96. The van der Waals surface area contributed by atoms with Gasteiger partial charge in [0.05, 0.1) is 0 Å². The van der Waals surface area contributed by atoms with Crippen LogP contribution in [-0.2, 0) is 21.4 Å². The second kappa shape index (κ2) is 8.59. The van der Waals surface area contributed by atoms with Crippen LogP contribution < -0.4 is 5.32 Å². The van der Waals surface area contributed by atoms with Crippen LogP contribution in [0.2, 0.25) is 0 Å². The Kier molecular flexibility index (Phi) is 6.65. The van der Waals surface area contributed by atoms with E-state index in [0.29, 0.717) is 12.0 Å². The lowest BCUT2D eigenvalue weighted by atomic mass is 9.86. The summed E-state index contributed by atoms with van der Waals surface area (Å²) in [5, 5.41) is 2.84. The molecule has 1 amide bonds. The smallest absolute Gasteiger partial charge is 0.329 e. The van der Waals surface area contributed by atoms with Gasteiger partial charge in [-0.05, 0) is 49.4 Å². The first-order valence-electron chi connectivity index (χ1n) is 9.64. The van der Waals surface area contributed by atoms with E-state index in [1.165, 1.54) is 5.56 Å². The first-order chi connectivity index (χ1) is 13.0. The van der Waals surface area contributed by atoms with Gasteiger partial charge >= 0.3 is 5.97 Å². The molecule has 0 spiro atoms. The van der Waals surface area contributed by atoms with Crippen LogP contribution in [0.4, 0.5) is 0 Å². The summed E-state index contributed by atoms with van der Waals surface area (Å²) in [6.45, 7) is 11.9. The van der Waals surface area contributed by atoms with Gasteiger partial charge in [-0.15, -0.1) is 0 Å². The molecule has 0 aliphatic carbocycles. The summed E-state index contributed by atoms with van der Waals surface area (Å²) in [6, 6.07) is 16.3. The fourth-order valence-electron chi connectivity index (χ4n) is 2.77. The SMILES string of the molecule is CC(C)(C)OC(=O)C(Cc1ccc(C(C)(C)C)cc1)NC(=O)c1ccccc1. The predicted octanol–water partition coefficient (Wildman–Crippen LogP) is 4.67. The van der Waals surface area contributed by atoms with Crippen molar-refractivity contribution in [1.29, 1.82) is 0 Å². The fourth-order valence-corrected chi connectivity index (χ4v) is 2.77. The number of nitrogens with one attached hydrogen (secondary N) is 1. The van der Waals surface area contributed by atoms with Crippen molar-refractivity contribution >= 4 is 11.9 Å². The van der Waals surface area contributed by atoms with Crippen molar-refractivity contribution in [3.63, 3.8) is 0 Å². The third kappa shape index (κ3) is 6.52. The molecule has 1 unspecified atom stereocenters. The molecule has 0 aliphatic rings. The van der Waals surface area contributed by atoms with E-state index in [-0.39, 0.29) is 11.3 Å². The van der Waals surface area contributed by atoms with E-state index in [1.807, 2.05) is 39.0 Å². The summed E-state index contributed by atoms with van der Waals surface area (Å²) < 4.78 is 5.53. The number of hydrogen-bond donors (Lipinski definition) is 1. The van der Waals surface area contributed by atoms with E-state index in [1.54, 1.807) is 24.3 Å². The molecule has 4 heteroatoms. The van der Waals surface area contributed by atoms with E-state index < -0.39 is 17.6 Å². The number of esters is 1. The van der Waals surface area contributed by atoms with Crippen LogP contribution in [0.5, 0.6) is 0 Å². The van der Waals surface area contributed by atoms with E-state index in [9.17, 15) is 9.59 Å². The van der Waals surface area contributed by atoms with Gasteiger partial charge in [0.15, 0.2) is 0 Å². The van der Waals surface area contributed by atoms with Crippen LogP contribution in [0.25, 0.3) is 0 Å². The van der Waals surface area contributed by atoms with Gasteiger partial charge in [-0.25, -0.2) is 4.79 Å². The molecule has 0 fully saturated rings. The number of hydrogen-bond acceptors (Lipinski definition) is 3. The minimum Gasteiger partial charge on any atom is -0.458 e. The van der Waals surface area contributed by atoms with E-state index >= 15 is 0 Å². The molecule has 2 rings (SSSR count). The van der Waals surface area contributed by atoms with Gasteiger partial charge in [-0.1, -0.05) is 63.2 Å². The van der Waals surface area contributed by atoms with E-state index in [2.05, 4.69) is 38.2 Å². The Labute approximate surface area is 168 Å². The molecule has 4 nitrogen and oxygen atoms in total. The summed E-state index contributed by atoms with van der Waals surface area (Å²) in [7, 11) is 0. The van der Waals surface area contributed by atoms with Crippen LogP contribution in [0.1, 0.15) is 63.0 Å². The molecule has 0 aliphatic heterocycles. The second-order valence-corrected chi connectivity index (χ2v) is 9.08. The maximum absolute atomic E-state index is 12.7. The number of carbonyl (C=O) groups is 2. The highest BCUT2D eigenvalue weighted by Gasteiger charge is 2.27. The van der Waals surface area contributed by atoms with Crippen molar-refractivity contribution in [2.45, 2.75) is 65.0 Å². The molecule has 0 saturated heterocycles. The molecule has 0 saturated carbocycles. The highest BCUT2D eigenvalue weighted by atomic mass is 16.6. The molecular formula is C24H31NO3. The van der Waals surface area contributed by atoms with Gasteiger partial charge in [0.2, 0.25) is 0 Å². The third-order valence-corrected chi connectivity index (χ3v) is 4.29. The molecule has 150 valence electrons. The van der Waals surface area contributed by atoms with E-state index in [0.717, 1.165) is 5.56 Å². The number of rotatable bonds is 5. The zero-order valence-electron chi connectivity index (χ0n) is 17.7. The molecule has 1 atom stereocenters. The van der Waals surface area contributed by atoms with Gasteiger partial charge in [-0.2, -0.15) is 0 Å². The number of ether oxygens (including phenoxy) is 1. The molecule has 0 bridgehead atoms. The molecule has 28 heavy (non-hydrogen) atoms. The maximum Gasteiger partial charge on any atom is 0.329 e. The standard InChI is InChI=1S/C24H31NO3/c1-23(2,3)19-14-12-17(13-15-19)16-20(22(27)28-24(4,5)6)25-21(26)18-10-8-7-9-11-18/h7-15,20H,16H2,1-6H3,(H,25,26). The highest BCUT2D eigenvalue weighted by Crippen LogP contribution is 2.22. The second-order valence-electron chi connectivity index (χ2n) is 9.08. The van der Waals surface area contributed by atoms with Crippen molar-refractivity contribution in [3.05, 3.63) is 71.3 Å². The van der Waals surface area contributed by atoms with Crippen LogP contribution in [-0.4, -0.2) is 23.5 Å². The number of carbonyl (C=O) groups excluding carboxylic acids is 2. The summed E-state index contributed by atoms with van der Waals surface area (Å²) in [5.74, 6) is -0.723. The largest absolute Gasteiger partial charge is 0.458 e. The molecular weight excluding hydrogens is 350 g/mol. The van der Waals surface area contributed by atoms with E-state index in [4.69, 9.17) is 4.74 Å². The third-order valence-electron chi connectivity index (χ3n) is 4.29. The summed E-state index contributed by atoms with van der Waals surface area (Å²) in [4.78, 5) is 25.3. The normalized spacial score (nSPS) is 12.9. The monoisotopic (exact) mass is 381 g/mol. The molecule has 0 heterocycles. The van der Waals surface area contributed by atoms with Gasteiger partial charge < -0.3 is 10.1 Å². The topological polar surface area (TPSA) is 55.4 Å². The van der Waals surface area contributed by atoms with Crippen molar-refractivity contribution in [2.75, 3.05) is 0 Å². The molecule has 2 aromatic rings. The van der Waals surface area contributed by atoms with Gasteiger partial charge in [-0.3, -0.25) is 4.79 Å². The van der Waals surface area contributed by atoms with Crippen molar-refractivity contribution in [1.82, 2.24) is 5.32 Å². The average molecular weight is 382 g/mol. The molecule has 0 aromatic heterocycles. The maximum atomic E-state index is 12.7. The van der Waals surface area contributed by atoms with Crippen molar-refractivity contribution in [3.8, 4) is 0 Å². The van der Waals surface area contributed by atoms with Gasteiger partial charge in [0.25, 0.3) is 5.91 Å². The zero-order valence-corrected chi connectivity index (χ0v) is 17.7. The quantitative estimate of drug-likeness (QED) is 0.766. The van der Waals surface area contributed by atoms with Crippen LogP contribution in [0, 0.1) is 0 Å². The Bertz CT molecular complexity index is 796. The lowest BCUT2D eigenvalue weighted by molar-refractivity contribution is -0.157. The lowest BCUT2D eigenvalue weighted by Gasteiger charge is -2.25. The van der Waals surface area contributed by atoms with Crippen LogP contribution in [0.3, 0.4) is 0 Å². The predicted molar refractivity (Wildman–Crippen MR) is 112 cm³/mol. The summed E-state index contributed by atoms with van der Waals surface area (Å²) in [6.07, 6.45) is 0.373. The zero-order chi connectivity index (χ0) is 20.9. The Morgan fingerprint density at radius 1 is 0.893 bits per heavy atom. The first kappa shape index (κ1) is 21.7. The first-order valence-corrected chi connectivity index (χ1v) is 9.64. The van der Waals surface area contributed by atoms with Crippen molar-refractivity contribution in [2.24, 2.45) is 0 Å². The Hall–Kier alpha value is -2.62. The molecule has 1 N–H and O–H groups in total. The van der Waals surface area contributed by atoms with Crippen LogP contribution >= 0.6 is 0 Å². The fraction of sp³-hybridized carbons (Fsp3) is 0.417.